The standard InChI is InChI=1S/C11H12ClN3/c1-2-9-3-5-10(6-4-9)15-11(7-12)8-13-14-15/h3-6,8H,2,7H2,1H3. The van der Waals surface area contributed by atoms with E-state index in [0.717, 1.165) is 17.8 Å². The normalized spacial score (nSPS) is 10.5. The number of hydrogen-bond donors (Lipinski definition) is 0. The molecule has 78 valence electrons. The van der Waals surface area contributed by atoms with Gasteiger partial charge in [-0.05, 0) is 24.1 Å². The van der Waals surface area contributed by atoms with Crippen molar-refractivity contribution < 1.29 is 0 Å². The third-order valence-electron chi connectivity index (χ3n) is 2.35. The Morgan fingerprint density at radius 2 is 2.00 bits per heavy atom. The van der Waals surface area contributed by atoms with Crippen LogP contribution in [-0.4, -0.2) is 15.0 Å². The van der Waals surface area contributed by atoms with Crippen molar-refractivity contribution in [3.8, 4) is 5.69 Å². The molecule has 0 amide bonds. The van der Waals surface area contributed by atoms with Crippen LogP contribution in [0.2, 0.25) is 0 Å². The lowest BCUT2D eigenvalue weighted by Crippen LogP contribution is -2.00. The van der Waals surface area contributed by atoms with Crippen LogP contribution in [0, 0.1) is 0 Å². The highest BCUT2D eigenvalue weighted by Crippen LogP contribution is 2.12. The number of rotatable bonds is 3. The van der Waals surface area contributed by atoms with Crippen molar-refractivity contribution in [3.63, 3.8) is 0 Å². The molecular weight excluding hydrogens is 210 g/mol. The number of alkyl halides is 1. The highest BCUT2D eigenvalue weighted by Gasteiger charge is 2.04. The van der Waals surface area contributed by atoms with Gasteiger partial charge in [0.15, 0.2) is 0 Å². The molecule has 0 bridgehead atoms. The number of hydrogen-bond acceptors (Lipinski definition) is 2. The van der Waals surface area contributed by atoms with Gasteiger partial charge in [-0.25, -0.2) is 4.68 Å². The fourth-order valence-electron chi connectivity index (χ4n) is 1.44. The Kier molecular flexibility index (Phi) is 3.02. The first kappa shape index (κ1) is 10.2. The van der Waals surface area contributed by atoms with E-state index in [9.17, 15) is 0 Å². The molecule has 2 aromatic rings. The van der Waals surface area contributed by atoms with E-state index in [2.05, 4.69) is 29.4 Å². The minimum atomic E-state index is 0.419. The van der Waals surface area contributed by atoms with Gasteiger partial charge in [0.25, 0.3) is 0 Å². The van der Waals surface area contributed by atoms with Gasteiger partial charge >= 0.3 is 0 Å². The fourth-order valence-corrected chi connectivity index (χ4v) is 1.62. The topological polar surface area (TPSA) is 30.7 Å². The minimum absolute atomic E-state index is 0.419. The van der Waals surface area contributed by atoms with Crippen LogP contribution >= 0.6 is 11.6 Å². The van der Waals surface area contributed by atoms with Crippen molar-refractivity contribution in [2.75, 3.05) is 0 Å². The monoisotopic (exact) mass is 221 g/mol. The summed E-state index contributed by atoms with van der Waals surface area (Å²) in [7, 11) is 0. The molecule has 0 radical (unpaired) electrons. The minimum Gasteiger partial charge on any atom is -0.216 e. The summed E-state index contributed by atoms with van der Waals surface area (Å²) < 4.78 is 1.76. The zero-order chi connectivity index (χ0) is 10.7. The van der Waals surface area contributed by atoms with Gasteiger partial charge in [0.1, 0.15) is 0 Å². The summed E-state index contributed by atoms with van der Waals surface area (Å²) >= 11 is 5.78. The van der Waals surface area contributed by atoms with Gasteiger partial charge in [-0.1, -0.05) is 24.3 Å². The molecule has 15 heavy (non-hydrogen) atoms. The lowest BCUT2D eigenvalue weighted by atomic mass is 10.1. The van der Waals surface area contributed by atoms with E-state index in [0.29, 0.717) is 5.88 Å². The Morgan fingerprint density at radius 1 is 1.27 bits per heavy atom. The molecule has 0 saturated heterocycles. The maximum absolute atomic E-state index is 5.78. The molecule has 0 aliphatic heterocycles. The average Bonchev–Trinajstić information content (AvgIpc) is 2.77. The van der Waals surface area contributed by atoms with Gasteiger partial charge in [-0.3, -0.25) is 0 Å². The van der Waals surface area contributed by atoms with E-state index >= 15 is 0 Å². The molecule has 0 saturated carbocycles. The second-order valence-corrected chi connectivity index (χ2v) is 3.56. The van der Waals surface area contributed by atoms with Crippen molar-refractivity contribution in [1.82, 2.24) is 15.0 Å². The van der Waals surface area contributed by atoms with E-state index in [4.69, 9.17) is 11.6 Å². The molecule has 1 heterocycles. The lowest BCUT2D eigenvalue weighted by Gasteiger charge is -2.04. The van der Waals surface area contributed by atoms with Crippen LogP contribution in [0.25, 0.3) is 5.69 Å². The molecule has 2 rings (SSSR count). The summed E-state index contributed by atoms with van der Waals surface area (Å²) in [5.41, 5.74) is 3.22. The first-order valence-corrected chi connectivity index (χ1v) is 5.43. The molecular formula is C11H12ClN3. The highest BCUT2D eigenvalue weighted by atomic mass is 35.5. The Labute approximate surface area is 93.7 Å². The van der Waals surface area contributed by atoms with E-state index < -0.39 is 0 Å². The first-order valence-electron chi connectivity index (χ1n) is 4.90. The smallest absolute Gasteiger partial charge is 0.0793 e. The van der Waals surface area contributed by atoms with Crippen LogP contribution in [0.15, 0.2) is 30.5 Å². The van der Waals surface area contributed by atoms with E-state index in [1.807, 2.05) is 12.1 Å². The summed E-state index contributed by atoms with van der Waals surface area (Å²) in [6, 6.07) is 8.25. The maximum atomic E-state index is 5.78. The van der Waals surface area contributed by atoms with E-state index in [1.165, 1.54) is 5.56 Å². The van der Waals surface area contributed by atoms with Crippen LogP contribution < -0.4 is 0 Å². The molecule has 1 aromatic heterocycles. The molecule has 0 aliphatic carbocycles. The van der Waals surface area contributed by atoms with E-state index in [1.54, 1.807) is 10.9 Å². The summed E-state index contributed by atoms with van der Waals surface area (Å²) in [5.74, 6) is 0.419. The van der Waals surface area contributed by atoms with Crippen molar-refractivity contribution in [2.24, 2.45) is 0 Å². The lowest BCUT2D eigenvalue weighted by molar-refractivity contribution is 0.781. The van der Waals surface area contributed by atoms with Gasteiger partial charge in [-0.15, -0.1) is 16.7 Å². The average molecular weight is 222 g/mol. The third-order valence-corrected chi connectivity index (χ3v) is 2.62. The van der Waals surface area contributed by atoms with E-state index in [-0.39, 0.29) is 0 Å². The Balaban J connectivity index is 2.37. The molecule has 0 atom stereocenters. The zero-order valence-electron chi connectivity index (χ0n) is 8.52. The van der Waals surface area contributed by atoms with Crippen molar-refractivity contribution in [2.45, 2.75) is 19.2 Å². The van der Waals surface area contributed by atoms with Gasteiger partial charge in [-0.2, -0.15) is 0 Å². The Morgan fingerprint density at radius 3 is 2.60 bits per heavy atom. The van der Waals surface area contributed by atoms with Gasteiger partial charge in [0, 0.05) is 0 Å². The number of benzene rings is 1. The number of aromatic nitrogens is 3. The molecule has 3 nitrogen and oxygen atoms in total. The molecule has 1 aromatic carbocycles. The number of halogens is 1. The van der Waals surface area contributed by atoms with Crippen LogP contribution in [0.4, 0.5) is 0 Å². The number of aryl methyl sites for hydroxylation is 1. The van der Waals surface area contributed by atoms with Crippen molar-refractivity contribution >= 4 is 11.6 Å². The van der Waals surface area contributed by atoms with Gasteiger partial charge < -0.3 is 0 Å². The summed E-state index contributed by atoms with van der Waals surface area (Å²) in [6.07, 6.45) is 2.72. The summed E-state index contributed by atoms with van der Waals surface area (Å²) in [4.78, 5) is 0. The Hall–Kier alpha value is -1.35. The highest BCUT2D eigenvalue weighted by molar-refractivity contribution is 6.16. The van der Waals surface area contributed by atoms with Gasteiger partial charge in [0.2, 0.25) is 0 Å². The molecule has 0 unspecified atom stereocenters. The Bertz CT molecular complexity index is 433. The van der Waals surface area contributed by atoms with Crippen LogP contribution in [0.3, 0.4) is 0 Å². The second-order valence-electron chi connectivity index (χ2n) is 3.29. The SMILES string of the molecule is CCc1ccc(-n2nncc2CCl)cc1. The summed E-state index contributed by atoms with van der Waals surface area (Å²) in [5, 5.41) is 7.84. The quantitative estimate of drug-likeness (QED) is 0.746. The third kappa shape index (κ3) is 2.02. The molecule has 0 fully saturated rings. The van der Waals surface area contributed by atoms with Gasteiger partial charge in [0.05, 0.1) is 23.5 Å². The maximum Gasteiger partial charge on any atom is 0.0793 e. The summed E-state index contributed by atoms with van der Waals surface area (Å²) in [6.45, 7) is 2.13. The fraction of sp³-hybridized carbons (Fsp3) is 0.273. The van der Waals surface area contributed by atoms with Crippen LogP contribution in [0.5, 0.6) is 0 Å². The van der Waals surface area contributed by atoms with Crippen molar-refractivity contribution in [1.29, 1.82) is 0 Å². The van der Waals surface area contributed by atoms with Crippen molar-refractivity contribution in [3.05, 3.63) is 41.7 Å². The molecule has 0 N–H and O–H groups in total. The predicted octanol–water partition coefficient (Wildman–Crippen LogP) is 2.57. The zero-order valence-corrected chi connectivity index (χ0v) is 9.28. The first-order chi connectivity index (χ1) is 7.35. The molecule has 4 heteroatoms. The molecule has 0 spiro atoms. The number of nitrogens with zero attached hydrogens (tertiary/aromatic N) is 3. The second kappa shape index (κ2) is 4.45. The van der Waals surface area contributed by atoms with Crippen LogP contribution in [-0.2, 0) is 12.3 Å². The predicted molar refractivity (Wildman–Crippen MR) is 60.3 cm³/mol. The van der Waals surface area contributed by atoms with Crippen LogP contribution in [0.1, 0.15) is 18.2 Å². The molecule has 0 aliphatic rings. The largest absolute Gasteiger partial charge is 0.216 e.